The van der Waals surface area contributed by atoms with Crippen molar-refractivity contribution in [3.8, 4) is 16.8 Å². The van der Waals surface area contributed by atoms with Crippen molar-refractivity contribution in [2.75, 3.05) is 24.4 Å². The highest BCUT2D eigenvalue weighted by molar-refractivity contribution is 6.30. The maximum absolute atomic E-state index is 14.6. The number of carbonyl (C=O) groups excluding carboxylic acids is 3. The molecule has 3 amide bonds. The molecule has 1 aliphatic heterocycles. The summed E-state index contributed by atoms with van der Waals surface area (Å²) in [7, 11) is 1.24. The molecule has 3 N–H and O–H groups in total. The van der Waals surface area contributed by atoms with Crippen LogP contribution >= 0.6 is 11.6 Å². The van der Waals surface area contributed by atoms with E-state index in [0.717, 1.165) is 0 Å². The number of ether oxygens (including phenoxy) is 2. The number of fused-ring (bicyclic) bond motifs is 4. The van der Waals surface area contributed by atoms with Gasteiger partial charge in [-0.15, -0.1) is 5.10 Å². The first-order chi connectivity index (χ1) is 20.2. The zero-order chi connectivity index (χ0) is 29.8. The van der Waals surface area contributed by atoms with Crippen molar-refractivity contribution in [2.24, 2.45) is 0 Å². The minimum absolute atomic E-state index is 0.00301. The largest absolute Gasteiger partial charge is 0.453 e. The highest BCUT2D eigenvalue weighted by Gasteiger charge is 2.24. The van der Waals surface area contributed by atoms with E-state index < -0.39 is 30.0 Å². The molecule has 0 fully saturated rings. The minimum Gasteiger partial charge on any atom is -0.453 e. The van der Waals surface area contributed by atoms with Gasteiger partial charge in [0.25, 0.3) is 5.91 Å². The molecule has 42 heavy (non-hydrogen) atoms. The van der Waals surface area contributed by atoms with E-state index in [9.17, 15) is 18.8 Å². The highest BCUT2D eigenvalue weighted by Crippen LogP contribution is 2.33. The number of nitrogens with zero attached hydrogens (tertiary/aromatic N) is 4. The van der Waals surface area contributed by atoms with E-state index in [1.54, 1.807) is 49.5 Å². The van der Waals surface area contributed by atoms with Crippen molar-refractivity contribution in [1.29, 1.82) is 0 Å². The standard InChI is InChI=1S/C28H25ClFN7O5/c1-15-25(35-36-37(15)23-7-3-5-19(29)24(23)30)26(38)33-20-6-4-12-42-28(40)34-21-14-17(32-27(39)41-2)8-9-18(21)16-10-11-31-22(20)13-16/h3,5,7-11,13-14,20H,4,6,12H2,1-2H3,(H,32,39)(H,33,38)(H,34,40)/t20-/m0/s1. The molecule has 5 rings (SSSR count). The van der Waals surface area contributed by atoms with Crippen molar-refractivity contribution in [3.63, 3.8) is 0 Å². The third-order valence-corrected chi connectivity index (χ3v) is 6.87. The fourth-order valence-corrected chi connectivity index (χ4v) is 4.66. The second-order valence-corrected chi connectivity index (χ2v) is 9.69. The van der Waals surface area contributed by atoms with Gasteiger partial charge in [0.15, 0.2) is 11.5 Å². The first kappa shape index (κ1) is 28.5. The monoisotopic (exact) mass is 593 g/mol. The molecule has 4 aromatic rings. The number of amides is 3. The molecule has 12 nitrogen and oxygen atoms in total. The molecule has 14 heteroatoms. The lowest BCUT2D eigenvalue weighted by Gasteiger charge is -2.21. The Morgan fingerprint density at radius 3 is 2.86 bits per heavy atom. The summed E-state index contributed by atoms with van der Waals surface area (Å²) in [5, 5.41) is 16.1. The van der Waals surface area contributed by atoms with Gasteiger partial charge in [-0.3, -0.25) is 20.4 Å². The van der Waals surface area contributed by atoms with Crippen LogP contribution in [-0.4, -0.2) is 51.8 Å². The molecule has 2 bridgehead atoms. The lowest BCUT2D eigenvalue weighted by molar-refractivity contribution is 0.0923. The van der Waals surface area contributed by atoms with E-state index in [1.807, 2.05) is 0 Å². The number of hydrogen-bond acceptors (Lipinski definition) is 8. The van der Waals surface area contributed by atoms with Gasteiger partial charge in [0.2, 0.25) is 0 Å². The van der Waals surface area contributed by atoms with E-state index in [1.165, 1.54) is 23.9 Å². The van der Waals surface area contributed by atoms with Crippen molar-refractivity contribution in [2.45, 2.75) is 25.8 Å². The molecule has 0 saturated carbocycles. The number of hydrogen-bond donors (Lipinski definition) is 3. The lowest BCUT2D eigenvalue weighted by atomic mass is 9.99. The number of methoxy groups -OCH3 is 1. The summed E-state index contributed by atoms with van der Waals surface area (Å²) >= 11 is 5.92. The quantitative estimate of drug-likeness (QED) is 0.284. The molecule has 0 unspecified atom stereocenters. The lowest BCUT2D eigenvalue weighted by Crippen LogP contribution is -2.30. The van der Waals surface area contributed by atoms with Gasteiger partial charge in [-0.05, 0) is 61.7 Å². The van der Waals surface area contributed by atoms with E-state index in [-0.39, 0.29) is 23.0 Å². The number of halogens is 2. The second-order valence-electron chi connectivity index (χ2n) is 9.28. The molecule has 2 aromatic heterocycles. The van der Waals surface area contributed by atoms with Gasteiger partial charge in [-0.2, -0.15) is 0 Å². The molecule has 1 aliphatic rings. The first-order valence-electron chi connectivity index (χ1n) is 12.8. The molecule has 2 aromatic carbocycles. The molecule has 3 heterocycles. The maximum Gasteiger partial charge on any atom is 0.411 e. The van der Waals surface area contributed by atoms with Crippen molar-refractivity contribution < 1.29 is 28.2 Å². The minimum atomic E-state index is -0.683. The number of benzene rings is 2. The van der Waals surface area contributed by atoms with Crippen LogP contribution in [-0.2, 0) is 9.47 Å². The Bertz CT molecular complexity index is 1680. The zero-order valence-corrected chi connectivity index (χ0v) is 23.2. The van der Waals surface area contributed by atoms with Crippen molar-refractivity contribution in [3.05, 3.63) is 82.6 Å². The Morgan fingerprint density at radius 1 is 1.21 bits per heavy atom. The predicted molar refractivity (Wildman–Crippen MR) is 151 cm³/mol. The number of anilines is 2. The van der Waals surface area contributed by atoms with Crippen LogP contribution in [0.5, 0.6) is 0 Å². The van der Waals surface area contributed by atoms with Crippen LogP contribution in [0.3, 0.4) is 0 Å². The van der Waals surface area contributed by atoms with Crippen LogP contribution < -0.4 is 16.0 Å². The zero-order valence-electron chi connectivity index (χ0n) is 22.5. The smallest absolute Gasteiger partial charge is 0.411 e. The summed E-state index contributed by atoms with van der Waals surface area (Å²) in [6.07, 6.45) is 1.05. The Morgan fingerprint density at radius 2 is 2.05 bits per heavy atom. The SMILES string of the molecule is COC(=O)Nc1ccc2c(c1)NC(=O)OCCC[C@H](NC(=O)c1nnn(-c3cccc(Cl)c3F)c1C)c1cc-2ccn1. The van der Waals surface area contributed by atoms with Gasteiger partial charge < -0.3 is 14.8 Å². The summed E-state index contributed by atoms with van der Waals surface area (Å²) in [4.78, 5) is 42.1. The maximum atomic E-state index is 14.6. The van der Waals surface area contributed by atoms with Crippen LogP contribution in [0.2, 0.25) is 5.02 Å². The third-order valence-electron chi connectivity index (χ3n) is 6.58. The van der Waals surface area contributed by atoms with Gasteiger partial charge in [-0.1, -0.05) is 28.9 Å². The van der Waals surface area contributed by atoms with Gasteiger partial charge in [-0.25, -0.2) is 18.7 Å². The summed E-state index contributed by atoms with van der Waals surface area (Å²) in [6.45, 7) is 1.67. The third kappa shape index (κ3) is 6.00. The number of rotatable bonds is 4. The van der Waals surface area contributed by atoms with Gasteiger partial charge in [0, 0.05) is 17.4 Å². The molecule has 0 aliphatic carbocycles. The summed E-state index contributed by atoms with van der Waals surface area (Å²) in [5.41, 5.74) is 3.03. The van der Waals surface area contributed by atoms with Crippen LogP contribution in [0.15, 0.2) is 54.7 Å². The van der Waals surface area contributed by atoms with Gasteiger partial charge in [0.05, 0.1) is 41.9 Å². The Kier molecular flexibility index (Phi) is 8.29. The molecular formula is C28H25ClFN7O5. The average molecular weight is 594 g/mol. The number of nitrogens with one attached hydrogen (secondary N) is 3. The van der Waals surface area contributed by atoms with E-state index in [4.69, 9.17) is 16.3 Å². The number of pyridine rings is 1. The summed E-state index contributed by atoms with van der Waals surface area (Å²) in [5.74, 6) is -1.22. The highest BCUT2D eigenvalue weighted by atomic mass is 35.5. The summed E-state index contributed by atoms with van der Waals surface area (Å²) < 4.78 is 25.8. The molecular weight excluding hydrogens is 569 g/mol. The fourth-order valence-electron chi connectivity index (χ4n) is 4.50. The number of carbonyl (C=O) groups is 3. The molecule has 1 atom stereocenters. The molecule has 0 radical (unpaired) electrons. The van der Waals surface area contributed by atoms with Crippen LogP contribution in [0.1, 0.15) is 40.8 Å². The molecule has 0 saturated heterocycles. The summed E-state index contributed by atoms with van der Waals surface area (Å²) in [6, 6.07) is 12.4. The van der Waals surface area contributed by atoms with Crippen LogP contribution in [0.25, 0.3) is 16.8 Å². The van der Waals surface area contributed by atoms with Crippen LogP contribution in [0, 0.1) is 12.7 Å². The Balaban J connectivity index is 1.46. The number of cyclic esters (lactones) is 1. The molecule has 0 spiro atoms. The van der Waals surface area contributed by atoms with Gasteiger partial charge in [0.1, 0.15) is 5.69 Å². The van der Waals surface area contributed by atoms with Crippen molar-refractivity contribution >= 4 is 41.1 Å². The van der Waals surface area contributed by atoms with E-state index in [0.29, 0.717) is 46.7 Å². The predicted octanol–water partition coefficient (Wildman–Crippen LogP) is 5.42. The van der Waals surface area contributed by atoms with Gasteiger partial charge >= 0.3 is 12.2 Å². The average Bonchev–Trinajstić information content (AvgIpc) is 3.36. The Hall–Kier alpha value is -5.04. The number of aromatic nitrogens is 4. The molecule has 216 valence electrons. The first-order valence-corrected chi connectivity index (χ1v) is 13.2. The fraction of sp³-hybridized carbons (Fsp3) is 0.214. The van der Waals surface area contributed by atoms with E-state index in [2.05, 4.69) is 36.0 Å². The van der Waals surface area contributed by atoms with Crippen LogP contribution in [0.4, 0.5) is 25.4 Å². The topological polar surface area (TPSA) is 149 Å². The Labute approximate surface area is 244 Å². The normalized spacial score (nSPS) is 14.8. The van der Waals surface area contributed by atoms with Crippen molar-refractivity contribution in [1.82, 2.24) is 25.3 Å². The second kappa shape index (κ2) is 12.2. The van der Waals surface area contributed by atoms with E-state index >= 15 is 0 Å².